The van der Waals surface area contributed by atoms with Gasteiger partial charge in [-0.15, -0.1) is 0 Å². The average molecular weight is 365 g/mol. The molecule has 0 radical (unpaired) electrons. The Kier molecular flexibility index (Phi) is 4.78. The normalized spacial score (nSPS) is 11.8. The van der Waals surface area contributed by atoms with Crippen LogP contribution in [0.15, 0.2) is 42.6 Å². The number of aromatic nitrogens is 3. The summed E-state index contributed by atoms with van der Waals surface area (Å²) >= 11 is 0. The second-order valence-corrected chi connectivity index (χ2v) is 5.89. The summed E-state index contributed by atoms with van der Waals surface area (Å²) in [5.74, 6) is -0.513. The highest BCUT2D eigenvalue weighted by atomic mass is 19.4. The minimum atomic E-state index is -4.61. The summed E-state index contributed by atoms with van der Waals surface area (Å²) in [6.07, 6.45) is -3.01. The van der Waals surface area contributed by atoms with Crippen LogP contribution in [0, 0.1) is 12.7 Å². The summed E-state index contributed by atoms with van der Waals surface area (Å²) in [7, 11) is 0. The lowest BCUT2D eigenvalue weighted by atomic mass is 10.0. The molecular formula is C18H15F4N3O. The molecule has 0 saturated heterocycles. The number of hydrogen-bond acceptors (Lipinski definition) is 3. The molecule has 0 atom stereocenters. The van der Waals surface area contributed by atoms with Gasteiger partial charge in [0, 0.05) is 6.20 Å². The number of benzene rings is 1. The number of aryl methyl sites for hydroxylation is 1. The van der Waals surface area contributed by atoms with Gasteiger partial charge in [0.15, 0.2) is 5.82 Å². The predicted molar refractivity (Wildman–Crippen MR) is 86.2 cm³/mol. The van der Waals surface area contributed by atoms with E-state index in [2.05, 4.69) is 10.1 Å². The van der Waals surface area contributed by atoms with Gasteiger partial charge < -0.3 is 5.11 Å². The van der Waals surface area contributed by atoms with Crippen molar-refractivity contribution in [3.63, 3.8) is 0 Å². The molecule has 2 heterocycles. The molecule has 1 N–H and O–H groups in total. The maximum atomic E-state index is 13.6. The molecule has 0 amide bonds. The first kappa shape index (κ1) is 18.1. The average Bonchev–Trinajstić information content (AvgIpc) is 2.95. The van der Waals surface area contributed by atoms with Crippen LogP contribution in [0.25, 0.3) is 5.82 Å². The highest BCUT2D eigenvalue weighted by Crippen LogP contribution is 2.31. The predicted octanol–water partition coefficient (Wildman–Crippen LogP) is 3.82. The van der Waals surface area contributed by atoms with Gasteiger partial charge in [0.2, 0.25) is 0 Å². The third kappa shape index (κ3) is 3.91. The second kappa shape index (κ2) is 6.87. The highest BCUT2D eigenvalue weighted by molar-refractivity contribution is 5.35. The summed E-state index contributed by atoms with van der Waals surface area (Å²) < 4.78 is 53.6. The number of halogens is 4. The Morgan fingerprint density at radius 3 is 2.54 bits per heavy atom. The van der Waals surface area contributed by atoms with Crippen molar-refractivity contribution in [2.75, 3.05) is 0 Å². The smallest absolute Gasteiger partial charge is 0.390 e. The third-order valence-corrected chi connectivity index (χ3v) is 3.79. The zero-order chi connectivity index (χ0) is 18.9. The summed E-state index contributed by atoms with van der Waals surface area (Å²) in [6, 6.07) is 7.46. The molecule has 0 bridgehead atoms. The van der Waals surface area contributed by atoms with Crippen LogP contribution in [0.4, 0.5) is 17.6 Å². The summed E-state index contributed by atoms with van der Waals surface area (Å²) in [6.45, 7) is 1.54. The van der Waals surface area contributed by atoms with Crippen molar-refractivity contribution in [1.82, 2.24) is 14.8 Å². The van der Waals surface area contributed by atoms with Gasteiger partial charge >= 0.3 is 6.18 Å². The number of pyridine rings is 1. The van der Waals surface area contributed by atoms with Crippen molar-refractivity contribution in [3.8, 4) is 5.82 Å². The molecule has 1 aromatic carbocycles. The van der Waals surface area contributed by atoms with Gasteiger partial charge in [0.25, 0.3) is 0 Å². The molecule has 3 rings (SSSR count). The molecule has 136 valence electrons. The first-order valence-electron chi connectivity index (χ1n) is 7.74. The lowest BCUT2D eigenvalue weighted by molar-refractivity contribution is -0.137. The Hall–Kier alpha value is -2.74. The van der Waals surface area contributed by atoms with Crippen LogP contribution in [-0.2, 0) is 19.2 Å². The fourth-order valence-electron chi connectivity index (χ4n) is 2.70. The Labute approximate surface area is 146 Å². The molecule has 3 aromatic rings. The van der Waals surface area contributed by atoms with Crippen LogP contribution >= 0.6 is 0 Å². The molecule has 0 unspecified atom stereocenters. The number of nitrogens with zero attached hydrogens (tertiary/aromatic N) is 3. The maximum absolute atomic E-state index is 13.6. The fourth-order valence-corrected chi connectivity index (χ4v) is 2.70. The van der Waals surface area contributed by atoms with E-state index in [0.29, 0.717) is 28.8 Å². The fraction of sp³-hybridized carbons (Fsp3) is 0.222. The van der Waals surface area contributed by atoms with Gasteiger partial charge in [0.05, 0.1) is 23.6 Å². The second-order valence-electron chi connectivity index (χ2n) is 5.89. The number of alkyl halides is 3. The van der Waals surface area contributed by atoms with Gasteiger partial charge in [-0.3, -0.25) is 0 Å². The van der Waals surface area contributed by atoms with Gasteiger partial charge in [-0.2, -0.15) is 18.3 Å². The third-order valence-electron chi connectivity index (χ3n) is 3.79. The quantitative estimate of drug-likeness (QED) is 0.715. The molecule has 26 heavy (non-hydrogen) atoms. The molecule has 2 aromatic heterocycles. The largest absolute Gasteiger partial charge is 0.416 e. The first-order chi connectivity index (χ1) is 12.3. The van der Waals surface area contributed by atoms with E-state index < -0.39 is 17.6 Å². The summed E-state index contributed by atoms with van der Waals surface area (Å²) in [5, 5.41) is 13.6. The minimum Gasteiger partial charge on any atom is -0.390 e. The molecule has 4 nitrogen and oxygen atoms in total. The SMILES string of the molecule is Cc1cc(CO)n(-c2cc(Cc3cc(F)cc(C(F)(F)F)c3)ccn2)n1. The number of aliphatic hydroxyl groups excluding tert-OH is 1. The molecule has 0 aliphatic rings. The number of aliphatic hydroxyl groups is 1. The van der Waals surface area contributed by atoms with Crippen LogP contribution in [-0.4, -0.2) is 19.9 Å². The van der Waals surface area contributed by atoms with Crippen molar-refractivity contribution in [2.45, 2.75) is 26.1 Å². The van der Waals surface area contributed by atoms with Crippen LogP contribution in [0.1, 0.15) is 28.1 Å². The molecule has 0 fully saturated rings. The molecule has 0 spiro atoms. The van der Waals surface area contributed by atoms with E-state index in [0.717, 1.165) is 12.1 Å². The Morgan fingerprint density at radius 2 is 1.85 bits per heavy atom. The molecule has 0 aliphatic carbocycles. The molecule has 0 saturated carbocycles. The molecular weight excluding hydrogens is 350 g/mol. The van der Waals surface area contributed by atoms with Crippen LogP contribution < -0.4 is 0 Å². The highest BCUT2D eigenvalue weighted by Gasteiger charge is 2.31. The molecule has 0 aliphatic heterocycles. The van der Waals surface area contributed by atoms with E-state index in [1.807, 2.05) is 0 Å². The topological polar surface area (TPSA) is 50.9 Å². The first-order valence-corrected chi connectivity index (χ1v) is 7.74. The van der Waals surface area contributed by atoms with Gasteiger partial charge in [0.1, 0.15) is 5.82 Å². The zero-order valence-electron chi connectivity index (χ0n) is 13.8. The van der Waals surface area contributed by atoms with Crippen molar-refractivity contribution in [1.29, 1.82) is 0 Å². The standard InChI is InChI=1S/C18H15F4N3O/c1-11-4-16(10-26)25(24-11)17-8-12(2-3-23-17)5-13-6-14(18(20,21)22)9-15(19)7-13/h2-4,6-9,26H,5,10H2,1H3. The van der Waals surface area contributed by atoms with E-state index in [1.165, 1.54) is 10.9 Å². The lowest BCUT2D eigenvalue weighted by Crippen LogP contribution is -2.07. The van der Waals surface area contributed by atoms with E-state index in [-0.39, 0.29) is 18.6 Å². The summed E-state index contributed by atoms with van der Waals surface area (Å²) in [5.41, 5.74) is 1.06. The Morgan fingerprint density at radius 1 is 1.08 bits per heavy atom. The minimum absolute atomic E-state index is 0.102. The maximum Gasteiger partial charge on any atom is 0.416 e. The monoisotopic (exact) mass is 365 g/mol. The van der Waals surface area contributed by atoms with E-state index in [9.17, 15) is 22.7 Å². The molecule has 8 heteroatoms. The van der Waals surface area contributed by atoms with Crippen molar-refractivity contribution in [3.05, 3.63) is 76.5 Å². The van der Waals surface area contributed by atoms with Gasteiger partial charge in [-0.1, -0.05) is 0 Å². The zero-order valence-corrected chi connectivity index (χ0v) is 13.8. The van der Waals surface area contributed by atoms with Crippen molar-refractivity contribution >= 4 is 0 Å². The van der Waals surface area contributed by atoms with E-state index in [4.69, 9.17) is 0 Å². The van der Waals surface area contributed by atoms with Crippen molar-refractivity contribution in [2.24, 2.45) is 0 Å². The van der Waals surface area contributed by atoms with E-state index >= 15 is 0 Å². The van der Waals surface area contributed by atoms with Gasteiger partial charge in [-0.05, 0) is 60.9 Å². The summed E-state index contributed by atoms with van der Waals surface area (Å²) in [4.78, 5) is 4.18. The van der Waals surface area contributed by atoms with Crippen LogP contribution in [0.3, 0.4) is 0 Å². The van der Waals surface area contributed by atoms with Crippen molar-refractivity contribution < 1.29 is 22.7 Å². The number of hydrogen-bond donors (Lipinski definition) is 1. The Balaban J connectivity index is 1.94. The Bertz CT molecular complexity index is 934. The van der Waals surface area contributed by atoms with Gasteiger partial charge in [-0.25, -0.2) is 14.1 Å². The van der Waals surface area contributed by atoms with E-state index in [1.54, 1.807) is 25.1 Å². The lowest BCUT2D eigenvalue weighted by Gasteiger charge is -2.10. The number of rotatable bonds is 4. The van der Waals surface area contributed by atoms with Crippen LogP contribution in [0.2, 0.25) is 0 Å². The van der Waals surface area contributed by atoms with Crippen LogP contribution in [0.5, 0.6) is 0 Å².